The third kappa shape index (κ3) is 3.06. The second-order valence-electron chi connectivity index (χ2n) is 6.41. The molecule has 3 aromatic rings. The number of likely N-dealkylation sites (tertiary alicyclic amines) is 1. The Morgan fingerprint density at radius 3 is 2.50 bits per heavy atom. The smallest absolute Gasteiger partial charge is 0.287 e. The number of nitrogens with one attached hydrogen (secondary N) is 1. The fourth-order valence-corrected chi connectivity index (χ4v) is 3.28. The lowest BCUT2D eigenvalue weighted by Gasteiger charge is -2.13. The van der Waals surface area contributed by atoms with Crippen LogP contribution in [0.1, 0.15) is 39.5 Å². The molecule has 2 aromatic heterocycles. The Bertz CT molecular complexity index is 943. The summed E-state index contributed by atoms with van der Waals surface area (Å²) in [5.74, 6) is -0.164. The highest BCUT2D eigenvalue weighted by Crippen LogP contribution is 2.18. The van der Waals surface area contributed by atoms with Crippen LogP contribution in [0.5, 0.6) is 0 Å². The van der Waals surface area contributed by atoms with Crippen LogP contribution in [0.2, 0.25) is 0 Å². The topological polar surface area (TPSA) is 66.7 Å². The van der Waals surface area contributed by atoms with Crippen molar-refractivity contribution in [3.05, 3.63) is 71.8 Å². The second kappa shape index (κ2) is 7.00. The Morgan fingerprint density at radius 1 is 1.00 bits per heavy atom. The van der Waals surface area contributed by atoms with E-state index in [2.05, 4.69) is 10.3 Å². The minimum absolute atomic E-state index is 0.103. The molecule has 0 saturated carbocycles. The van der Waals surface area contributed by atoms with Gasteiger partial charge in [0.25, 0.3) is 11.8 Å². The van der Waals surface area contributed by atoms with E-state index >= 15 is 0 Å². The summed E-state index contributed by atoms with van der Waals surface area (Å²) in [7, 11) is 0. The SMILES string of the molecule is O=C(NCc1ccccc1)c1nc(C(=O)N2CCCC2)c2ccccn12. The molecule has 0 bridgehead atoms. The number of amides is 2. The van der Waals surface area contributed by atoms with Gasteiger partial charge in [0.1, 0.15) is 0 Å². The number of aromatic nitrogens is 2. The molecular weight excluding hydrogens is 328 g/mol. The van der Waals surface area contributed by atoms with Crippen molar-refractivity contribution >= 4 is 17.3 Å². The van der Waals surface area contributed by atoms with Crippen LogP contribution in [0.15, 0.2) is 54.7 Å². The van der Waals surface area contributed by atoms with Crippen LogP contribution >= 0.6 is 0 Å². The van der Waals surface area contributed by atoms with Gasteiger partial charge in [-0.05, 0) is 30.5 Å². The molecule has 6 heteroatoms. The van der Waals surface area contributed by atoms with E-state index in [0.717, 1.165) is 31.5 Å². The summed E-state index contributed by atoms with van der Waals surface area (Å²) < 4.78 is 1.68. The quantitative estimate of drug-likeness (QED) is 0.788. The first-order valence-corrected chi connectivity index (χ1v) is 8.82. The number of carbonyl (C=O) groups is 2. The van der Waals surface area contributed by atoms with E-state index in [0.29, 0.717) is 17.8 Å². The first kappa shape index (κ1) is 16.3. The number of hydrogen-bond donors (Lipinski definition) is 1. The summed E-state index contributed by atoms with van der Waals surface area (Å²) in [4.78, 5) is 31.7. The lowest BCUT2D eigenvalue weighted by atomic mass is 10.2. The summed E-state index contributed by atoms with van der Waals surface area (Å²) in [5, 5.41) is 2.88. The van der Waals surface area contributed by atoms with Crippen molar-refractivity contribution < 1.29 is 9.59 Å². The average molecular weight is 348 g/mol. The van der Waals surface area contributed by atoms with E-state index in [1.165, 1.54) is 0 Å². The minimum Gasteiger partial charge on any atom is -0.345 e. The van der Waals surface area contributed by atoms with Gasteiger partial charge in [0.05, 0.1) is 5.52 Å². The zero-order chi connectivity index (χ0) is 17.9. The van der Waals surface area contributed by atoms with E-state index in [9.17, 15) is 9.59 Å². The average Bonchev–Trinajstić information content (AvgIpc) is 3.35. The van der Waals surface area contributed by atoms with Gasteiger partial charge in [-0.3, -0.25) is 14.0 Å². The first-order chi connectivity index (χ1) is 12.7. The number of pyridine rings is 1. The fraction of sp³-hybridized carbons (Fsp3) is 0.250. The van der Waals surface area contributed by atoms with Crippen molar-refractivity contribution in [3.8, 4) is 0 Å². The van der Waals surface area contributed by atoms with E-state index in [1.54, 1.807) is 15.5 Å². The molecule has 0 atom stereocenters. The summed E-state index contributed by atoms with van der Waals surface area (Å²) in [6.45, 7) is 1.91. The number of fused-ring (bicyclic) bond motifs is 1. The van der Waals surface area contributed by atoms with Crippen LogP contribution < -0.4 is 5.32 Å². The Morgan fingerprint density at radius 2 is 1.73 bits per heavy atom. The van der Waals surface area contributed by atoms with Gasteiger partial charge in [0.2, 0.25) is 5.82 Å². The van der Waals surface area contributed by atoms with Crippen LogP contribution in [-0.4, -0.2) is 39.2 Å². The number of carbonyl (C=O) groups excluding carboxylic acids is 2. The molecule has 1 aromatic carbocycles. The maximum absolute atomic E-state index is 12.8. The van der Waals surface area contributed by atoms with Gasteiger partial charge in [-0.1, -0.05) is 36.4 Å². The Hall–Kier alpha value is -3.15. The normalized spacial score (nSPS) is 13.9. The molecule has 0 aliphatic carbocycles. The van der Waals surface area contributed by atoms with Crippen LogP contribution in [0.3, 0.4) is 0 Å². The number of benzene rings is 1. The maximum Gasteiger partial charge on any atom is 0.287 e. The Balaban J connectivity index is 1.62. The van der Waals surface area contributed by atoms with Crippen LogP contribution in [0.25, 0.3) is 5.52 Å². The van der Waals surface area contributed by atoms with E-state index in [4.69, 9.17) is 0 Å². The van der Waals surface area contributed by atoms with Crippen LogP contribution in [-0.2, 0) is 6.54 Å². The second-order valence-corrected chi connectivity index (χ2v) is 6.41. The zero-order valence-electron chi connectivity index (χ0n) is 14.4. The minimum atomic E-state index is -0.296. The van der Waals surface area contributed by atoms with Gasteiger partial charge in [-0.25, -0.2) is 4.98 Å². The molecule has 0 unspecified atom stereocenters. The molecule has 1 fully saturated rings. The van der Waals surface area contributed by atoms with Crippen molar-refractivity contribution in [2.24, 2.45) is 0 Å². The Kier molecular flexibility index (Phi) is 4.39. The highest BCUT2D eigenvalue weighted by molar-refractivity contribution is 6.02. The van der Waals surface area contributed by atoms with Crippen molar-refractivity contribution in [3.63, 3.8) is 0 Å². The van der Waals surface area contributed by atoms with Gasteiger partial charge < -0.3 is 10.2 Å². The van der Waals surface area contributed by atoms with Gasteiger partial charge in [-0.2, -0.15) is 0 Å². The fourth-order valence-electron chi connectivity index (χ4n) is 3.28. The predicted molar refractivity (Wildman–Crippen MR) is 97.9 cm³/mol. The number of rotatable bonds is 4. The summed E-state index contributed by atoms with van der Waals surface area (Å²) in [6, 6.07) is 15.2. The van der Waals surface area contributed by atoms with Gasteiger partial charge >= 0.3 is 0 Å². The number of imidazole rings is 1. The molecule has 0 spiro atoms. The highest BCUT2D eigenvalue weighted by Gasteiger charge is 2.26. The third-order valence-corrected chi connectivity index (χ3v) is 4.64. The van der Waals surface area contributed by atoms with Crippen LogP contribution in [0.4, 0.5) is 0 Å². The molecule has 26 heavy (non-hydrogen) atoms. The van der Waals surface area contributed by atoms with E-state index in [-0.39, 0.29) is 17.6 Å². The molecule has 0 radical (unpaired) electrons. The van der Waals surface area contributed by atoms with Crippen molar-refractivity contribution in [2.45, 2.75) is 19.4 Å². The summed E-state index contributed by atoms with van der Waals surface area (Å²) in [6.07, 6.45) is 3.80. The molecule has 1 saturated heterocycles. The van der Waals surface area contributed by atoms with Gasteiger partial charge in [0.15, 0.2) is 5.69 Å². The molecular formula is C20H20N4O2. The molecule has 132 valence electrons. The first-order valence-electron chi connectivity index (χ1n) is 8.82. The monoisotopic (exact) mass is 348 g/mol. The van der Waals surface area contributed by atoms with Crippen molar-refractivity contribution in [2.75, 3.05) is 13.1 Å². The summed E-state index contributed by atoms with van der Waals surface area (Å²) >= 11 is 0. The summed E-state index contributed by atoms with van der Waals surface area (Å²) in [5.41, 5.74) is 2.02. The van der Waals surface area contributed by atoms with Crippen molar-refractivity contribution in [1.29, 1.82) is 0 Å². The zero-order valence-corrected chi connectivity index (χ0v) is 14.4. The Labute approximate surface area is 151 Å². The van der Waals surface area contributed by atoms with Gasteiger partial charge in [-0.15, -0.1) is 0 Å². The number of hydrogen-bond acceptors (Lipinski definition) is 3. The number of nitrogens with zero attached hydrogens (tertiary/aromatic N) is 3. The largest absolute Gasteiger partial charge is 0.345 e. The molecule has 2 amide bonds. The third-order valence-electron chi connectivity index (χ3n) is 4.64. The van der Waals surface area contributed by atoms with E-state index < -0.39 is 0 Å². The lowest BCUT2D eigenvalue weighted by Crippen LogP contribution is -2.28. The van der Waals surface area contributed by atoms with Gasteiger partial charge in [0, 0.05) is 25.8 Å². The lowest BCUT2D eigenvalue weighted by molar-refractivity contribution is 0.0789. The molecule has 1 aliphatic heterocycles. The predicted octanol–water partition coefficient (Wildman–Crippen LogP) is 2.50. The highest BCUT2D eigenvalue weighted by atomic mass is 16.2. The molecule has 4 rings (SSSR count). The van der Waals surface area contributed by atoms with Crippen LogP contribution in [0, 0.1) is 0 Å². The molecule has 1 aliphatic rings. The maximum atomic E-state index is 12.8. The van der Waals surface area contributed by atoms with E-state index in [1.807, 2.05) is 48.5 Å². The molecule has 3 heterocycles. The standard InChI is InChI=1S/C20H20N4O2/c25-19(21-14-15-8-2-1-3-9-15)18-22-17(16-10-4-5-13-24(16)18)20(26)23-11-6-7-12-23/h1-5,8-10,13H,6-7,11-12,14H2,(H,21,25). The van der Waals surface area contributed by atoms with Crippen molar-refractivity contribution in [1.82, 2.24) is 19.6 Å². The molecule has 1 N–H and O–H groups in total. The molecule has 6 nitrogen and oxygen atoms in total.